The van der Waals surface area contributed by atoms with Gasteiger partial charge in [-0.05, 0) is 0 Å². The summed E-state index contributed by atoms with van der Waals surface area (Å²) in [6.07, 6.45) is 0. The smallest absolute Gasteiger partial charge is 0.321 e. The minimum Gasteiger partial charge on any atom is -0.480 e. The van der Waals surface area contributed by atoms with Gasteiger partial charge in [-0.2, -0.15) is 12.6 Å². The number of nitrogens with two attached hydrogens (primary N) is 1. The number of rotatable bonds is 2. The van der Waals surface area contributed by atoms with Crippen molar-refractivity contribution in [1.29, 1.82) is 0 Å². The van der Waals surface area contributed by atoms with Gasteiger partial charge in [-0.15, -0.1) is 0 Å². The second-order valence-electron chi connectivity index (χ2n) is 1.60. The van der Waals surface area contributed by atoms with Gasteiger partial charge >= 0.3 is 5.97 Å². The SMILES string of the molecule is CC(S)[C@H](N)C(=O)O. The van der Waals surface area contributed by atoms with Gasteiger partial charge in [0.1, 0.15) is 6.04 Å². The number of carboxylic acids is 1. The number of carbonyl (C=O) groups is 1. The Balaban J connectivity index is 3.64. The van der Waals surface area contributed by atoms with E-state index in [0.29, 0.717) is 0 Å². The fourth-order valence-electron chi connectivity index (χ4n) is 0.206. The Kier molecular flexibility index (Phi) is 2.86. The van der Waals surface area contributed by atoms with Crippen LogP contribution in [0.3, 0.4) is 0 Å². The molecule has 0 fully saturated rings. The van der Waals surface area contributed by atoms with Gasteiger partial charge in [-0.1, -0.05) is 6.92 Å². The van der Waals surface area contributed by atoms with Gasteiger partial charge in [0.15, 0.2) is 0 Å². The van der Waals surface area contributed by atoms with Crippen molar-refractivity contribution >= 4 is 18.6 Å². The van der Waals surface area contributed by atoms with E-state index in [-0.39, 0.29) is 5.25 Å². The van der Waals surface area contributed by atoms with Crippen LogP contribution >= 0.6 is 12.6 Å². The van der Waals surface area contributed by atoms with E-state index < -0.39 is 12.0 Å². The molecule has 0 aromatic rings. The molecule has 0 heterocycles. The summed E-state index contributed by atoms with van der Waals surface area (Å²) in [4.78, 5) is 9.97. The summed E-state index contributed by atoms with van der Waals surface area (Å²) in [5.74, 6) is -1.01. The van der Waals surface area contributed by atoms with Crippen LogP contribution in [0.2, 0.25) is 0 Å². The van der Waals surface area contributed by atoms with E-state index in [2.05, 4.69) is 12.6 Å². The largest absolute Gasteiger partial charge is 0.480 e. The molecule has 8 heavy (non-hydrogen) atoms. The highest BCUT2D eigenvalue weighted by Gasteiger charge is 2.15. The first-order valence-corrected chi connectivity index (χ1v) is 2.74. The predicted octanol–water partition coefficient (Wildman–Crippen LogP) is -0.283. The van der Waals surface area contributed by atoms with Crippen molar-refractivity contribution in [2.75, 3.05) is 0 Å². The standard InChI is InChI=1S/C4H9NO2S/c1-2(8)3(5)4(6)7/h2-3,8H,5H2,1H3,(H,6,7)/t2?,3-/m0/s1. The molecular formula is C4H9NO2S. The third-order valence-corrected chi connectivity index (χ3v) is 1.13. The summed E-state index contributed by atoms with van der Waals surface area (Å²) in [5.41, 5.74) is 5.08. The average molecular weight is 135 g/mol. The van der Waals surface area contributed by atoms with Gasteiger partial charge in [-0.3, -0.25) is 4.79 Å². The van der Waals surface area contributed by atoms with Crippen molar-refractivity contribution in [3.63, 3.8) is 0 Å². The molecular weight excluding hydrogens is 126 g/mol. The molecule has 0 aromatic heterocycles. The number of hydrogen-bond donors (Lipinski definition) is 3. The van der Waals surface area contributed by atoms with Crippen LogP contribution < -0.4 is 5.73 Å². The van der Waals surface area contributed by atoms with E-state index in [0.717, 1.165) is 0 Å². The Morgan fingerprint density at radius 1 is 1.88 bits per heavy atom. The topological polar surface area (TPSA) is 63.3 Å². The summed E-state index contributed by atoms with van der Waals surface area (Å²) in [6, 6.07) is -0.849. The van der Waals surface area contributed by atoms with Gasteiger partial charge in [-0.25, -0.2) is 0 Å². The van der Waals surface area contributed by atoms with Crippen molar-refractivity contribution in [3.05, 3.63) is 0 Å². The van der Waals surface area contributed by atoms with Crippen molar-refractivity contribution in [2.45, 2.75) is 18.2 Å². The first kappa shape index (κ1) is 7.78. The van der Waals surface area contributed by atoms with Crippen LogP contribution in [0.15, 0.2) is 0 Å². The number of thiol groups is 1. The van der Waals surface area contributed by atoms with E-state index >= 15 is 0 Å². The summed E-state index contributed by atoms with van der Waals surface area (Å²) >= 11 is 3.83. The maximum absolute atomic E-state index is 9.97. The first-order valence-electron chi connectivity index (χ1n) is 2.22. The Morgan fingerprint density at radius 3 is 2.25 bits per heavy atom. The minimum atomic E-state index is -1.01. The molecule has 3 N–H and O–H groups in total. The highest BCUT2D eigenvalue weighted by atomic mass is 32.1. The van der Waals surface area contributed by atoms with Crippen molar-refractivity contribution < 1.29 is 9.90 Å². The van der Waals surface area contributed by atoms with Gasteiger partial charge in [0.05, 0.1) is 0 Å². The van der Waals surface area contributed by atoms with E-state index in [9.17, 15) is 4.79 Å². The second kappa shape index (κ2) is 2.94. The summed E-state index contributed by atoms with van der Waals surface area (Å²) in [7, 11) is 0. The zero-order chi connectivity index (χ0) is 6.73. The lowest BCUT2D eigenvalue weighted by Crippen LogP contribution is -2.37. The monoisotopic (exact) mass is 135 g/mol. The Bertz CT molecular complexity index is 94.0. The van der Waals surface area contributed by atoms with Crippen LogP contribution in [0.1, 0.15) is 6.92 Å². The van der Waals surface area contributed by atoms with Crippen molar-refractivity contribution in [2.24, 2.45) is 5.73 Å². The average Bonchev–Trinajstić information content (AvgIpc) is 1.64. The summed E-state index contributed by atoms with van der Waals surface area (Å²) in [6.45, 7) is 1.64. The number of hydrogen-bond acceptors (Lipinski definition) is 3. The molecule has 0 saturated heterocycles. The highest BCUT2D eigenvalue weighted by Crippen LogP contribution is 1.96. The van der Waals surface area contributed by atoms with Crippen LogP contribution in [0, 0.1) is 0 Å². The number of carboxylic acid groups (broad SMARTS) is 1. The van der Waals surface area contributed by atoms with Crippen LogP contribution in [-0.4, -0.2) is 22.4 Å². The van der Waals surface area contributed by atoms with Gasteiger partial charge in [0.2, 0.25) is 0 Å². The normalized spacial score (nSPS) is 17.4. The molecule has 1 unspecified atom stereocenters. The van der Waals surface area contributed by atoms with Crippen LogP contribution in [-0.2, 0) is 4.79 Å². The lowest BCUT2D eigenvalue weighted by molar-refractivity contribution is -0.138. The Morgan fingerprint density at radius 2 is 2.25 bits per heavy atom. The van der Waals surface area contributed by atoms with Crippen LogP contribution in [0.25, 0.3) is 0 Å². The van der Waals surface area contributed by atoms with Crippen LogP contribution in [0.5, 0.6) is 0 Å². The van der Waals surface area contributed by atoms with E-state index in [4.69, 9.17) is 10.8 Å². The van der Waals surface area contributed by atoms with Gasteiger partial charge in [0, 0.05) is 5.25 Å². The van der Waals surface area contributed by atoms with E-state index in [1.54, 1.807) is 6.92 Å². The Labute approximate surface area is 53.3 Å². The zero-order valence-electron chi connectivity index (χ0n) is 4.53. The van der Waals surface area contributed by atoms with Gasteiger partial charge in [0.25, 0.3) is 0 Å². The molecule has 0 aliphatic rings. The molecule has 0 radical (unpaired) electrons. The molecule has 48 valence electrons. The fourth-order valence-corrected chi connectivity index (χ4v) is 0.334. The molecule has 0 rings (SSSR count). The van der Waals surface area contributed by atoms with Crippen LogP contribution in [0.4, 0.5) is 0 Å². The quantitative estimate of drug-likeness (QED) is 0.456. The maximum atomic E-state index is 9.97. The summed E-state index contributed by atoms with van der Waals surface area (Å²) in [5, 5.41) is 7.89. The third-order valence-electron chi connectivity index (χ3n) is 0.805. The fraction of sp³-hybridized carbons (Fsp3) is 0.750. The van der Waals surface area contributed by atoms with Gasteiger partial charge < -0.3 is 10.8 Å². The molecule has 3 nitrogen and oxygen atoms in total. The zero-order valence-corrected chi connectivity index (χ0v) is 5.43. The highest BCUT2D eigenvalue weighted by molar-refractivity contribution is 7.81. The molecule has 2 atom stereocenters. The molecule has 0 aromatic carbocycles. The Hall–Kier alpha value is -0.220. The van der Waals surface area contributed by atoms with Crippen molar-refractivity contribution in [3.8, 4) is 0 Å². The first-order chi connectivity index (χ1) is 3.55. The molecule has 0 aliphatic carbocycles. The minimum absolute atomic E-state index is 0.285. The van der Waals surface area contributed by atoms with Crippen molar-refractivity contribution in [1.82, 2.24) is 0 Å². The number of aliphatic carboxylic acids is 1. The molecule has 0 spiro atoms. The maximum Gasteiger partial charge on any atom is 0.321 e. The lowest BCUT2D eigenvalue weighted by atomic mass is 10.2. The molecule has 0 amide bonds. The molecule has 0 bridgehead atoms. The predicted molar refractivity (Wildman–Crippen MR) is 34.1 cm³/mol. The lowest BCUT2D eigenvalue weighted by Gasteiger charge is -2.07. The third kappa shape index (κ3) is 2.18. The molecule has 4 heteroatoms. The molecule has 0 saturated carbocycles. The van der Waals surface area contributed by atoms with E-state index in [1.807, 2.05) is 0 Å². The molecule has 0 aliphatic heterocycles. The second-order valence-corrected chi connectivity index (χ2v) is 2.42. The summed E-state index contributed by atoms with van der Waals surface area (Å²) < 4.78 is 0. The van der Waals surface area contributed by atoms with E-state index in [1.165, 1.54) is 0 Å².